The average Bonchev–Trinajstić information content (AvgIpc) is 1.90. The standard InChI is InChI=1S/C4H8S5/c5-3(6)4-8-1-7-2-9-4/h3-6H,1-2H2. The number of thioether (sulfide) groups is 3. The number of thiol groups is 2. The van der Waals surface area contributed by atoms with Crippen LogP contribution in [0.2, 0.25) is 0 Å². The SMILES string of the molecule is SC(S)C1SCSCS1. The van der Waals surface area contributed by atoms with Gasteiger partial charge in [0.1, 0.15) is 0 Å². The van der Waals surface area contributed by atoms with Crippen molar-refractivity contribution in [3.63, 3.8) is 0 Å². The Bertz CT molecular complexity index is 77.0. The lowest BCUT2D eigenvalue weighted by Crippen LogP contribution is -2.11. The van der Waals surface area contributed by atoms with E-state index < -0.39 is 0 Å². The Morgan fingerprint density at radius 2 is 1.78 bits per heavy atom. The zero-order valence-corrected chi connectivity index (χ0v) is 8.93. The molecule has 1 fully saturated rings. The first-order valence-electron chi connectivity index (χ1n) is 2.48. The van der Waals surface area contributed by atoms with Gasteiger partial charge in [-0.15, -0.1) is 35.3 Å². The molecule has 54 valence electrons. The third-order valence-corrected chi connectivity index (χ3v) is 6.72. The molecule has 0 nitrogen and oxygen atoms in total. The van der Waals surface area contributed by atoms with Crippen LogP contribution in [-0.4, -0.2) is 19.3 Å². The molecule has 0 atom stereocenters. The van der Waals surface area contributed by atoms with Crippen molar-refractivity contribution in [1.29, 1.82) is 0 Å². The second kappa shape index (κ2) is 4.59. The van der Waals surface area contributed by atoms with E-state index >= 15 is 0 Å². The summed E-state index contributed by atoms with van der Waals surface area (Å²) < 4.78 is 0.832. The molecule has 0 aliphatic carbocycles. The summed E-state index contributed by atoms with van der Waals surface area (Å²) in [6.45, 7) is 0. The van der Waals surface area contributed by atoms with Crippen molar-refractivity contribution in [3.8, 4) is 0 Å². The largest absolute Gasteiger partial charge is 0.163 e. The van der Waals surface area contributed by atoms with E-state index in [1.165, 1.54) is 10.2 Å². The molecule has 0 aromatic heterocycles. The molecular formula is C4H8S5. The Morgan fingerprint density at radius 1 is 1.22 bits per heavy atom. The molecule has 1 aliphatic rings. The van der Waals surface area contributed by atoms with Crippen molar-refractivity contribution >= 4 is 60.5 Å². The van der Waals surface area contributed by atoms with Gasteiger partial charge in [0.2, 0.25) is 0 Å². The lowest BCUT2D eigenvalue weighted by Gasteiger charge is -2.22. The van der Waals surface area contributed by atoms with Crippen LogP contribution in [0.4, 0.5) is 0 Å². The molecule has 5 heteroatoms. The highest BCUT2D eigenvalue weighted by atomic mass is 32.3. The van der Waals surface area contributed by atoms with E-state index in [0.29, 0.717) is 4.58 Å². The molecule has 9 heavy (non-hydrogen) atoms. The summed E-state index contributed by atoms with van der Waals surface area (Å²) in [5.74, 6) is 0. The van der Waals surface area contributed by atoms with Crippen LogP contribution in [0.15, 0.2) is 0 Å². The Labute approximate surface area is 79.5 Å². The summed E-state index contributed by atoms with van der Waals surface area (Å²) >= 11 is 14.4. The summed E-state index contributed by atoms with van der Waals surface area (Å²) in [5, 5.41) is 2.41. The van der Waals surface area contributed by atoms with E-state index in [2.05, 4.69) is 25.3 Å². The predicted molar refractivity (Wildman–Crippen MR) is 58.1 cm³/mol. The normalized spacial score (nSPS) is 23.0. The quantitative estimate of drug-likeness (QED) is 0.511. The molecule has 0 N–H and O–H groups in total. The van der Waals surface area contributed by atoms with Crippen molar-refractivity contribution in [2.24, 2.45) is 0 Å². The highest BCUT2D eigenvalue weighted by molar-refractivity contribution is 8.33. The predicted octanol–water partition coefficient (Wildman–Crippen LogP) is 2.63. The summed E-state index contributed by atoms with van der Waals surface area (Å²) in [5.41, 5.74) is 0. The first-order valence-corrected chi connectivity index (χ1v) is 6.76. The Kier molecular flexibility index (Phi) is 4.51. The van der Waals surface area contributed by atoms with Gasteiger partial charge in [0.25, 0.3) is 0 Å². The lowest BCUT2D eigenvalue weighted by atomic mass is 10.9. The molecule has 0 amide bonds. The third kappa shape index (κ3) is 3.10. The van der Waals surface area contributed by atoms with E-state index in [4.69, 9.17) is 0 Å². The fraction of sp³-hybridized carbons (Fsp3) is 1.00. The van der Waals surface area contributed by atoms with Gasteiger partial charge < -0.3 is 0 Å². The highest BCUT2D eigenvalue weighted by Gasteiger charge is 2.18. The van der Waals surface area contributed by atoms with Gasteiger partial charge in [-0.25, -0.2) is 0 Å². The maximum atomic E-state index is 4.25. The lowest BCUT2D eigenvalue weighted by molar-refractivity contribution is 1.38. The molecule has 0 unspecified atom stereocenters. The zero-order valence-electron chi connectivity index (χ0n) is 4.69. The van der Waals surface area contributed by atoms with E-state index in [0.717, 1.165) is 0 Å². The average molecular weight is 216 g/mol. The minimum Gasteiger partial charge on any atom is -0.163 e. The van der Waals surface area contributed by atoms with Crippen molar-refractivity contribution in [2.45, 2.75) is 9.16 Å². The molecule has 0 radical (unpaired) electrons. The van der Waals surface area contributed by atoms with Crippen molar-refractivity contribution < 1.29 is 0 Å². The van der Waals surface area contributed by atoms with Crippen LogP contribution in [-0.2, 0) is 0 Å². The van der Waals surface area contributed by atoms with Crippen LogP contribution in [0.25, 0.3) is 0 Å². The van der Waals surface area contributed by atoms with Gasteiger partial charge in [-0.2, -0.15) is 25.3 Å². The van der Waals surface area contributed by atoms with Crippen LogP contribution >= 0.6 is 60.5 Å². The third-order valence-electron chi connectivity index (χ3n) is 0.875. The molecule has 0 saturated carbocycles. The van der Waals surface area contributed by atoms with Gasteiger partial charge in [-0.05, 0) is 0 Å². The molecular weight excluding hydrogens is 208 g/mol. The molecule has 1 aliphatic heterocycles. The fourth-order valence-electron chi connectivity index (χ4n) is 0.485. The molecule has 1 rings (SSSR count). The maximum Gasteiger partial charge on any atom is 0.0723 e. The summed E-state index contributed by atoms with van der Waals surface area (Å²) in [6, 6.07) is 0. The first-order chi connectivity index (χ1) is 4.30. The van der Waals surface area contributed by atoms with Crippen molar-refractivity contribution in [2.75, 3.05) is 10.2 Å². The van der Waals surface area contributed by atoms with E-state index in [1.807, 2.05) is 35.3 Å². The number of hydrogen-bond acceptors (Lipinski definition) is 5. The smallest absolute Gasteiger partial charge is 0.0723 e. The second-order valence-electron chi connectivity index (χ2n) is 1.56. The van der Waals surface area contributed by atoms with Gasteiger partial charge in [-0.1, -0.05) is 0 Å². The Morgan fingerprint density at radius 3 is 2.11 bits per heavy atom. The molecule has 0 aromatic rings. The minimum atomic E-state index is 0.237. The van der Waals surface area contributed by atoms with Crippen molar-refractivity contribution in [3.05, 3.63) is 0 Å². The highest BCUT2D eigenvalue weighted by Crippen LogP contribution is 2.40. The summed E-state index contributed by atoms with van der Waals surface area (Å²) in [4.78, 5) is 0. The summed E-state index contributed by atoms with van der Waals surface area (Å²) in [7, 11) is 0. The monoisotopic (exact) mass is 216 g/mol. The van der Waals surface area contributed by atoms with E-state index in [1.54, 1.807) is 0 Å². The minimum absolute atomic E-state index is 0.237. The second-order valence-corrected chi connectivity index (χ2v) is 7.35. The molecule has 1 saturated heterocycles. The van der Waals surface area contributed by atoms with E-state index in [-0.39, 0.29) is 4.58 Å². The number of hydrogen-bond donors (Lipinski definition) is 2. The fourth-order valence-corrected chi connectivity index (χ4v) is 5.97. The Balaban J connectivity index is 2.23. The van der Waals surface area contributed by atoms with Crippen LogP contribution < -0.4 is 0 Å². The zero-order chi connectivity index (χ0) is 6.69. The topological polar surface area (TPSA) is 0 Å². The van der Waals surface area contributed by atoms with Gasteiger partial charge >= 0.3 is 0 Å². The van der Waals surface area contributed by atoms with Crippen LogP contribution in [0.5, 0.6) is 0 Å². The van der Waals surface area contributed by atoms with Crippen LogP contribution in [0, 0.1) is 0 Å². The molecule has 0 aromatic carbocycles. The van der Waals surface area contributed by atoms with Crippen LogP contribution in [0.1, 0.15) is 0 Å². The summed E-state index contributed by atoms with van der Waals surface area (Å²) in [6.07, 6.45) is 0. The number of rotatable bonds is 1. The molecule has 0 spiro atoms. The van der Waals surface area contributed by atoms with Gasteiger partial charge in [0, 0.05) is 10.2 Å². The van der Waals surface area contributed by atoms with Gasteiger partial charge in [-0.3, -0.25) is 0 Å². The first kappa shape index (κ1) is 8.84. The van der Waals surface area contributed by atoms with Gasteiger partial charge in [0.15, 0.2) is 0 Å². The molecule has 1 heterocycles. The molecule has 0 bridgehead atoms. The Hall–Kier alpha value is 1.75. The maximum absolute atomic E-state index is 4.25. The van der Waals surface area contributed by atoms with Crippen molar-refractivity contribution in [1.82, 2.24) is 0 Å². The van der Waals surface area contributed by atoms with Gasteiger partial charge in [0.05, 0.1) is 9.16 Å². The van der Waals surface area contributed by atoms with E-state index in [9.17, 15) is 0 Å². The van der Waals surface area contributed by atoms with Crippen LogP contribution in [0.3, 0.4) is 0 Å².